The van der Waals surface area contributed by atoms with E-state index >= 15 is 0 Å². The molecular formula is C12H15N5O. The normalized spacial score (nSPS) is 17.3. The van der Waals surface area contributed by atoms with Crippen LogP contribution in [0.15, 0.2) is 18.5 Å². The summed E-state index contributed by atoms with van der Waals surface area (Å²) in [6.07, 6.45) is 5.38. The quantitative estimate of drug-likeness (QED) is 0.706. The molecule has 0 atom stereocenters. The number of pyridine rings is 1. The summed E-state index contributed by atoms with van der Waals surface area (Å²) in [5, 5.41) is 7.90. The third kappa shape index (κ3) is 1.83. The molecule has 2 aromatic heterocycles. The molecule has 0 unspecified atom stereocenters. The van der Waals surface area contributed by atoms with Crippen LogP contribution < -0.4 is 0 Å². The molecule has 1 fully saturated rings. The fourth-order valence-electron chi connectivity index (χ4n) is 2.24. The van der Waals surface area contributed by atoms with Crippen molar-refractivity contribution in [1.82, 2.24) is 24.9 Å². The minimum absolute atomic E-state index is 0.0996. The van der Waals surface area contributed by atoms with Gasteiger partial charge in [0.25, 0.3) is 0 Å². The molecule has 0 bridgehead atoms. The molecule has 6 heteroatoms. The lowest BCUT2D eigenvalue weighted by Crippen LogP contribution is -2.40. The van der Waals surface area contributed by atoms with E-state index in [2.05, 4.69) is 22.2 Å². The predicted molar refractivity (Wildman–Crippen MR) is 66.1 cm³/mol. The maximum absolute atomic E-state index is 12.3. The zero-order chi connectivity index (χ0) is 12.5. The van der Waals surface area contributed by atoms with Gasteiger partial charge in [-0.3, -0.25) is 4.98 Å². The van der Waals surface area contributed by atoms with Crippen LogP contribution in [0.1, 0.15) is 19.8 Å². The highest BCUT2D eigenvalue weighted by molar-refractivity contribution is 5.87. The Bertz CT molecular complexity index is 571. The largest absolute Gasteiger partial charge is 0.346 e. The second-order valence-corrected chi connectivity index (χ2v) is 4.82. The monoisotopic (exact) mass is 245 g/mol. The van der Waals surface area contributed by atoms with Crippen LogP contribution >= 0.6 is 0 Å². The van der Waals surface area contributed by atoms with Gasteiger partial charge in [0.1, 0.15) is 11.0 Å². The van der Waals surface area contributed by atoms with E-state index in [-0.39, 0.29) is 6.03 Å². The fourth-order valence-corrected chi connectivity index (χ4v) is 2.24. The first-order valence-corrected chi connectivity index (χ1v) is 6.20. The van der Waals surface area contributed by atoms with Gasteiger partial charge in [-0.05, 0) is 24.8 Å². The van der Waals surface area contributed by atoms with E-state index in [1.807, 2.05) is 4.90 Å². The molecule has 1 aliphatic rings. The van der Waals surface area contributed by atoms with E-state index in [1.165, 1.54) is 4.68 Å². The second-order valence-electron chi connectivity index (χ2n) is 4.82. The Morgan fingerprint density at radius 2 is 2.17 bits per heavy atom. The molecule has 0 N–H and O–H groups in total. The van der Waals surface area contributed by atoms with Crippen molar-refractivity contribution in [3.8, 4) is 0 Å². The number of carbonyl (C=O) groups excluding carboxylic acids is 1. The van der Waals surface area contributed by atoms with Crippen LogP contribution in [0.2, 0.25) is 0 Å². The van der Waals surface area contributed by atoms with Gasteiger partial charge in [0.05, 0.1) is 6.20 Å². The second kappa shape index (κ2) is 4.36. The summed E-state index contributed by atoms with van der Waals surface area (Å²) in [5.41, 5.74) is 1.37. The van der Waals surface area contributed by atoms with Crippen molar-refractivity contribution in [2.24, 2.45) is 5.92 Å². The molecule has 1 amide bonds. The molecule has 6 nitrogen and oxygen atoms in total. The van der Waals surface area contributed by atoms with Crippen LogP contribution in [0.4, 0.5) is 4.79 Å². The van der Waals surface area contributed by atoms with E-state index < -0.39 is 0 Å². The van der Waals surface area contributed by atoms with Gasteiger partial charge in [-0.1, -0.05) is 12.1 Å². The van der Waals surface area contributed by atoms with E-state index in [1.54, 1.807) is 18.5 Å². The van der Waals surface area contributed by atoms with Crippen LogP contribution in [0.5, 0.6) is 0 Å². The maximum atomic E-state index is 12.3. The number of amides is 1. The number of hydrogen-bond acceptors (Lipinski definition) is 4. The van der Waals surface area contributed by atoms with E-state index in [4.69, 9.17) is 0 Å². The van der Waals surface area contributed by atoms with Crippen molar-refractivity contribution in [3.05, 3.63) is 18.5 Å². The minimum atomic E-state index is -0.0996. The van der Waals surface area contributed by atoms with Crippen LogP contribution in [0.3, 0.4) is 0 Å². The highest BCUT2D eigenvalue weighted by Gasteiger charge is 2.23. The Hall–Kier alpha value is -1.98. The van der Waals surface area contributed by atoms with Gasteiger partial charge in [-0.25, -0.2) is 4.79 Å². The van der Waals surface area contributed by atoms with Crippen LogP contribution in [0, 0.1) is 5.92 Å². The zero-order valence-electron chi connectivity index (χ0n) is 10.3. The van der Waals surface area contributed by atoms with Crippen LogP contribution in [-0.2, 0) is 0 Å². The number of likely N-dealkylation sites (tertiary alicyclic amines) is 1. The smallest absolute Gasteiger partial charge is 0.323 e. The van der Waals surface area contributed by atoms with Crippen molar-refractivity contribution in [1.29, 1.82) is 0 Å². The number of fused-ring (bicyclic) bond motifs is 1. The third-order valence-electron chi connectivity index (χ3n) is 3.48. The standard InChI is InChI=1S/C12H15N5O/c1-9-3-6-16(7-4-9)12(18)17-11-8-13-5-2-10(11)14-15-17/h2,5,8-9H,3-4,6-7H2,1H3. The molecule has 0 aliphatic carbocycles. The first-order valence-electron chi connectivity index (χ1n) is 6.20. The molecule has 1 saturated heterocycles. The summed E-state index contributed by atoms with van der Waals surface area (Å²) in [6.45, 7) is 3.81. The zero-order valence-corrected chi connectivity index (χ0v) is 10.3. The molecule has 94 valence electrons. The van der Waals surface area contributed by atoms with Crippen molar-refractivity contribution >= 4 is 17.1 Å². The molecule has 3 heterocycles. The number of carbonyl (C=O) groups is 1. The van der Waals surface area contributed by atoms with Gasteiger partial charge in [0.2, 0.25) is 0 Å². The Morgan fingerprint density at radius 1 is 1.39 bits per heavy atom. The molecule has 0 radical (unpaired) electrons. The minimum Gasteiger partial charge on any atom is -0.323 e. The van der Waals surface area contributed by atoms with Crippen LogP contribution in [0.25, 0.3) is 11.0 Å². The summed E-state index contributed by atoms with van der Waals surface area (Å²) in [7, 11) is 0. The summed E-state index contributed by atoms with van der Waals surface area (Å²) >= 11 is 0. The fraction of sp³-hybridized carbons (Fsp3) is 0.500. The first-order chi connectivity index (χ1) is 8.75. The van der Waals surface area contributed by atoms with Crippen molar-refractivity contribution in [2.75, 3.05) is 13.1 Å². The van der Waals surface area contributed by atoms with Crippen molar-refractivity contribution in [2.45, 2.75) is 19.8 Å². The molecule has 18 heavy (non-hydrogen) atoms. The average Bonchev–Trinajstić information content (AvgIpc) is 2.82. The van der Waals surface area contributed by atoms with Gasteiger partial charge >= 0.3 is 6.03 Å². The van der Waals surface area contributed by atoms with Crippen LogP contribution in [-0.4, -0.2) is 44.0 Å². The van der Waals surface area contributed by atoms with Gasteiger partial charge in [0, 0.05) is 19.3 Å². The first kappa shape index (κ1) is 11.1. The molecule has 2 aromatic rings. The lowest BCUT2D eigenvalue weighted by atomic mass is 10.00. The molecule has 3 rings (SSSR count). The Balaban J connectivity index is 1.88. The lowest BCUT2D eigenvalue weighted by molar-refractivity contribution is 0.173. The number of piperidine rings is 1. The average molecular weight is 245 g/mol. The lowest BCUT2D eigenvalue weighted by Gasteiger charge is -2.29. The Labute approximate surface area is 105 Å². The van der Waals surface area contributed by atoms with Crippen molar-refractivity contribution in [3.63, 3.8) is 0 Å². The Morgan fingerprint density at radius 3 is 2.94 bits per heavy atom. The number of hydrogen-bond donors (Lipinski definition) is 0. The summed E-state index contributed by atoms with van der Waals surface area (Å²) in [6, 6.07) is 1.65. The third-order valence-corrected chi connectivity index (χ3v) is 3.48. The topological polar surface area (TPSA) is 63.9 Å². The number of nitrogens with zero attached hydrogens (tertiary/aromatic N) is 5. The molecule has 1 aliphatic heterocycles. The highest BCUT2D eigenvalue weighted by atomic mass is 16.2. The van der Waals surface area contributed by atoms with E-state index in [0.29, 0.717) is 17.0 Å². The summed E-state index contributed by atoms with van der Waals surface area (Å²) < 4.78 is 1.35. The SMILES string of the molecule is CC1CCN(C(=O)n2nnc3ccncc32)CC1. The summed E-state index contributed by atoms with van der Waals surface area (Å²) in [4.78, 5) is 18.2. The number of rotatable bonds is 0. The highest BCUT2D eigenvalue weighted by Crippen LogP contribution is 2.17. The predicted octanol–water partition coefficient (Wildman–Crippen LogP) is 1.53. The summed E-state index contributed by atoms with van der Waals surface area (Å²) in [5.74, 6) is 0.697. The molecular weight excluding hydrogens is 230 g/mol. The van der Waals surface area contributed by atoms with Gasteiger partial charge in [-0.15, -0.1) is 5.10 Å². The van der Waals surface area contributed by atoms with Gasteiger partial charge in [-0.2, -0.15) is 4.68 Å². The Kier molecular flexibility index (Phi) is 2.70. The van der Waals surface area contributed by atoms with Gasteiger partial charge in [0.15, 0.2) is 0 Å². The van der Waals surface area contributed by atoms with E-state index in [9.17, 15) is 4.79 Å². The van der Waals surface area contributed by atoms with Crippen molar-refractivity contribution < 1.29 is 4.79 Å². The molecule has 0 spiro atoms. The maximum Gasteiger partial charge on any atom is 0.346 e. The van der Waals surface area contributed by atoms with Gasteiger partial charge < -0.3 is 4.90 Å². The van der Waals surface area contributed by atoms with E-state index in [0.717, 1.165) is 25.9 Å². The molecule has 0 aromatic carbocycles. The molecule has 0 saturated carbocycles. The number of aromatic nitrogens is 4.